The fourth-order valence-electron chi connectivity index (χ4n) is 1.87. The first-order chi connectivity index (χ1) is 8.09. The Hall–Kier alpha value is -1.07. The average molecular weight is 255 g/mol. The van der Waals surface area contributed by atoms with Gasteiger partial charge in [-0.1, -0.05) is 12.1 Å². The van der Waals surface area contributed by atoms with E-state index in [9.17, 15) is 8.42 Å². The zero-order valence-corrected chi connectivity index (χ0v) is 10.7. The molecular weight excluding hydrogens is 238 g/mol. The van der Waals surface area contributed by atoms with Crippen LogP contribution in [-0.4, -0.2) is 33.9 Å². The van der Waals surface area contributed by atoms with Crippen LogP contribution < -0.4 is 10.1 Å². The van der Waals surface area contributed by atoms with E-state index in [1.165, 1.54) is 0 Å². The molecule has 0 aromatic heterocycles. The predicted molar refractivity (Wildman–Crippen MR) is 66.9 cm³/mol. The molecule has 2 rings (SSSR count). The smallest absolute Gasteiger partial charge is 0.155 e. The summed E-state index contributed by atoms with van der Waals surface area (Å²) in [4.78, 5) is 0. The molecule has 1 saturated heterocycles. The molecule has 0 aliphatic carbocycles. The van der Waals surface area contributed by atoms with E-state index in [-0.39, 0.29) is 17.5 Å². The Bertz CT molecular complexity index is 480. The fourth-order valence-corrected chi connectivity index (χ4v) is 3.58. The molecule has 1 aromatic carbocycles. The second kappa shape index (κ2) is 5.06. The van der Waals surface area contributed by atoms with Gasteiger partial charge in [0, 0.05) is 6.04 Å². The van der Waals surface area contributed by atoms with Gasteiger partial charge in [-0.05, 0) is 30.7 Å². The number of hydrogen-bond donors (Lipinski definition) is 1. The highest BCUT2D eigenvalue weighted by Crippen LogP contribution is 2.16. The molecule has 1 atom stereocenters. The molecule has 0 bridgehead atoms. The Kier molecular flexibility index (Phi) is 3.69. The summed E-state index contributed by atoms with van der Waals surface area (Å²) < 4.78 is 28.9. The van der Waals surface area contributed by atoms with Crippen molar-refractivity contribution >= 4 is 9.84 Å². The summed E-state index contributed by atoms with van der Waals surface area (Å²) in [5, 5.41) is 3.11. The van der Waals surface area contributed by atoms with Gasteiger partial charge in [-0.2, -0.15) is 0 Å². The normalized spacial score (nSPS) is 19.7. The third-order valence-corrected chi connectivity index (χ3v) is 4.59. The van der Waals surface area contributed by atoms with E-state index in [4.69, 9.17) is 4.74 Å². The molecule has 5 heteroatoms. The Morgan fingerprint density at radius 3 is 2.82 bits per heavy atom. The van der Waals surface area contributed by atoms with Crippen molar-refractivity contribution in [2.24, 2.45) is 0 Å². The largest absolute Gasteiger partial charge is 0.497 e. The van der Waals surface area contributed by atoms with Gasteiger partial charge < -0.3 is 10.1 Å². The first-order valence-electron chi connectivity index (χ1n) is 5.66. The third kappa shape index (κ3) is 3.44. The number of benzene rings is 1. The minimum absolute atomic E-state index is 0.0857. The van der Waals surface area contributed by atoms with Crippen molar-refractivity contribution < 1.29 is 13.2 Å². The number of sulfone groups is 1. The van der Waals surface area contributed by atoms with Crippen molar-refractivity contribution in [1.82, 2.24) is 5.32 Å². The van der Waals surface area contributed by atoms with E-state index in [0.29, 0.717) is 5.75 Å². The van der Waals surface area contributed by atoms with Crippen LogP contribution in [-0.2, 0) is 15.6 Å². The summed E-state index contributed by atoms with van der Waals surface area (Å²) in [7, 11) is -1.46. The topological polar surface area (TPSA) is 55.4 Å². The van der Waals surface area contributed by atoms with Gasteiger partial charge in [0.25, 0.3) is 0 Å². The molecule has 0 spiro atoms. The van der Waals surface area contributed by atoms with E-state index in [1.54, 1.807) is 13.2 Å². The molecule has 1 aromatic rings. The number of methoxy groups -OCH3 is 1. The third-order valence-electron chi connectivity index (χ3n) is 2.90. The maximum Gasteiger partial charge on any atom is 0.155 e. The van der Waals surface area contributed by atoms with Crippen molar-refractivity contribution in [3.63, 3.8) is 0 Å². The van der Waals surface area contributed by atoms with Crippen LogP contribution in [0, 0.1) is 0 Å². The average Bonchev–Trinajstić information content (AvgIpc) is 2.23. The van der Waals surface area contributed by atoms with E-state index < -0.39 is 9.84 Å². The van der Waals surface area contributed by atoms with E-state index >= 15 is 0 Å². The highest BCUT2D eigenvalue weighted by molar-refractivity contribution is 7.90. The second-order valence-electron chi connectivity index (χ2n) is 4.35. The van der Waals surface area contributed by atoms with Gasteiger partial charge in [0.2, 0.25) is 0 Å². The standard InChI is InChI=1S/C12H17NO3S/c1-16-12-4-2-3-10(7-12)8-17(14,15)9-11-5-6-13-11/h2-4,7,11,13H,5-6,8-9H2,1H3. The van der Waals surface area contributed by atoms with Gasteiger partial charge in [-0.15, -0.1) is 0 Å². The summed E-state index contributed by atoms with van der Waals surface area (Å²) in [6.07, 6.45) is 0.956. The van der Waals surface area contributed by atoms with Crippen LogP contribution in [0.15, 0.2) is 24.3 Å². The number of hydrogen-bond acceptors (Lipinski definition) is 4. The number of ether oxygens (including phenoxy) is 1. The number of nitrogens with one attached hydrogen (secondary N) is 1. The first-order valence-corrected chi connectivity index (χ1v) is 7.48. The molecule has 1 unspecified atom stereocenters. The van der Waals surface area contributed by atoms with Crippen molar-refractivity contribution in [2.45, 2.75) is 18.2 Å². The Balaban J connectivity index is 2.02. The maximum absolute atomic E-state index is 11.9. The van der Waals surface area contributed by atoms with Crippen molar-refractivity contribution in [2.75, 3.05) is 19.4 Å². The molecule has 0 saturated carbocycles. The van der Waals surface area contributed by atoms with E-state index in [2.05, 4.69) is 5.32 Å². The molecule has 17 heavy (non-hydrogen) atoms. The van der Waals surface area contributed by atoms with Gasteiger partial charge in [0.1, 0.15) is 5.75 Å². The van der Waals surface area contributed by atoms with Gasteiger partial charge in [0.05, 0.1) is 18.6 Å². The molecule has 1 aliphatic heterocycles. The summed E-state index contributed by atoms with van der Waals surface area (Å²) in [5.74, 6) is 1.01. The van der Waals surface area contributed by atoms with Crippen molar-refractivity contribution in [3.05, 3.63) is 29.8 Å². The van der Waals surface area contributed by atoms with Crippen molar-refractivity contribution in [3.8, 4) is 5.75 Å². The highest BCUT2D eigenvalue weighted by Gasteiger charge is 2.24. The fraction of sp³-hybridized carbons (Fsp3) is 0.500. The van der Waals surface area contributed by atoms with Crippen molar-refractivity contribution in [1.29, 1.82) is 0 Å². The highest BCUT2D eigenvalue weighted by atomic mass is 32.2. The summed E-state index contributed by atoms with van der Waals surface area (Å²) in [5.41, 5.74) is 0.781. The van der Waals surface area contributed by atoms with Crippen LogP contribution in [0.2, 0.25) is 0 Å². The van der Waals surface area contributed by atoms with Crippen LogP contribution in [0.3, 0.4) is 0 Å². The Morgan fingerprint density at radius 1 is 1.47 bits per heavy atom. The summed E-state index contributed by atoms with van der Waals surface area (Å²) in [6.45, 7) is 0.930. The monoisotopic (exact) mass is 255 g/mol. The Morgan fingerprint density at radius 2 is 2.24 bits per heavy atom. The van der Waals surface area contributed by atoms with E-state index in [1.807, 2.05) is 18.2 Å². The lowest BCUT2D eigenvalue weighted by Crippen LogP contribution is -2.47. The summed E-state index contributed by atoms with van der Waals surface area (Å²) in [6, 6.07) is 7.35. The van der Waals surface area contributed by atoms with E-state index in [0.717, 1.165) is 18.5 Å². The molecule has 1 heterocycles. The van der Waals surface area contributed by atoms with Crippen LogP contribution in [0.25, 0.3) is 0 Å². The SMILES string of the molecule is COc1cccc(CS(=O)(=O)CC2CCN2)c1. The molecule has 1 aliphatic rings. The Labute approximate surface area is 102 Å². The quantitative estimate of drug-likeness (QED) is 0.852. The lowest BCUT2D eigenvalue weighted by atomic mass is 10.1. The molecule has 0 radical (unpaired) electrons. The molecule has 0 amide bonds. The minimum Gasteiger partial charge on any atom is -0.497 e. The molecule has 1 fully saturated rings. The zero-order valence-electron chi connectivity index (χ0n) is 9.85. The van der Waals surface area contributed by atoms with Crippen LogP contribution in [0.1, 0.15) is 12.0 Å². The van der Waals surface area contributed by atoms with Gasteiger partial charge >= 0.3 is 0 Å². The summed E-state index contributed by atoms with van der Waals surface area (Å²) >= 11 is 0. The number of rotatable bonds is 5. The van der Waals surface area contributed by atoms with Crippen LogP contribution >= 0.6 is 0 Å². The minimum atomic E-state index is -3.04. The molecule has 94 valence electrons. The lowest BCUT2D eigenvalue weighted by molar-refractivity contribution is 0.398. The van der Waals surface area contributed by atoms with Crippen LogP contribution in [0.4, 0.5) is 0 Å². The second-order valence-corrected chi connectivity index (χ2v) is 6.45. The molecular formula is C12H17NO3S. The predicted octanol–water partition coefficient (Wildman–Crippen LogP) is 0.972. The van der Waals surface area contributed by atoms with Crippen LogP contribution in [0.5, 0.6) is 5.75 Å². The van der Waals surface area contributed by atoms with Gasteiger partial charge in [-0.3, -0.25) is 0 Å². The maximum atomic E-state index is 11.9. The molecule has 4 nitrogen and oxygen atoms in total. The van der Waals surface area contributed by atoms with Gasteiger partial charge in [0.15, 0.2) is 9.84 Å². The molecule has 1 N–H and O–H groups in total. The first kappa shape index (κ1) is 12.4. The lowest BCUT2D eigenvalue weighted by Gasteiger charge is -2.27. The van der Waals surface area contributed by atoms with Gasteiger partial charge in [-0.25, -0.2) is 8.42 Å². The zero-order chi connectivity index (χ0) is 12.3.